The highest BCUT2D eigenvalue weighted by molar-refractivity contribution is 5.51. The van der Waals surface area contributed by atoms with E-state index in [1.165, 1.54) is 0 Å². The van der Waals surface area contributed by atoms with E-state index in [4.69, 9.17) is 0 Å². The molecular weight excluding hydrogens is 214 g/mol. The number of aromatic nitrogens is 3. The van der Waals surface area contributed by atoms with E-state index >= 15 is 0 Å². The van der Waals surface area contributed by atoms with Crippen LogP contribution in [0.2, 0.25) is 0 Å². The van der Waals surface area contributed by atoms with Gasteiger partial charge in [-0.2, -0.15) is 4.98 Å². The lowest BCUT2D eigenvalue weighted by atomic mass is 10.4. The minimum absolute atomic E-state index is 0.549. The molecule has 2 N–H and O–H groups in total. The van der Waals surface area contributed by atoms with E-state index in [0.717, 1.165) is 23.0 Å². The standard InChI is InChI=1S/C12H15N5/c1-8-5-4-6-10(14-8)16-12-15-9(2)7-11(13-3)17-12/h4-7H,1-3H3,(H2,13,14,15,16,17). The molecule has 2 aromatic heterocycles. The van der Waals surface area contributed by atoms with Crippen LogP contribution < -0.4 is 10.6 Å². The number of anilines is 3. The van der Waals surface area contributed by atoms with E-state index in [0.29, 0.717) is 5.95 Å². The molecule has 0 fully saturated rings. The maximum atomic E-state index is 4.34. The monoisotopic (exact) mass is 229 g/mol. The molecule has 0 aliphatic heterocycles. The summed E-state index contributed by atoms with van der Waals surface area (Å²) in [6.45, 7) is 3.87. The van der Waals surface area contributed by atoms with Crippen molar-refractivity contribution in [1.82, 2.24) is 15.0 Å². The second-order valence-electron chi connectivity index (χ2n) is 3.76. The van der Waals surface area contributed by atoms with E-state index in [2.05, 4.69) is 25.6 Å². The molecule has 17 heavy (non-hydrogen) atoms. The fourth-order valence-corrected chi connectivity index (χ4v) is 1.48. The largest absolute Gasteiger partial charge is 0.373 e. The summed E-state index contributed by atoms with van der Waals surface area (Å²) in [6, 6.07) is 7.66. The quantitative estimate of drug-likeness (QED) is 0.845. The van der Waals surface area contributed by atoms with Crippen LogP contribution in [0.3, 0.4) is 0 Å². The van der Waals surface area contributed by atoms with Gasteiger partial charge >= 0.3 is 0 Å². The van der Waals surface area contributed by atoms with E-state index in [-0.39, 0.29) is 0 Å². The molecule has 0 aromatic carbocycles. The first-order valence-electron chi connectivity index (χ1n) is 5.41. The van der Waals surface area contributed by atoms with Gasteiger partial charge in [-0.3, -0.25) is 0 Å². The van der Waals surface area contributed by atoms with Crippen molar-refractivity contribution in [2.75, 3.05) is 17.7 Å². The summed E-state index contributed by atoms with van der Waals surface area (Å²) in [5, 5.41) is 6.08. The second kappa shape index (κ2) is 4.78. The summed E-state index contributed by atoms with van der Waals surface area (Å²) in [6.07, 6.45) is 0. The number of rotatable bonds is 3. The lowest BCUT2D eigenvalue weighted by molar-refractivity contribution is 1.09. The Morgan fingerprint density at radius 1 is 0.941 bits per heavy atom. The van der Waals surface area contributed by atoms with Gasteiger partial charge in [0.05, 0.1) is 0 Å². The van der Waals surface area contributed by atoms with E-state index in [1.807, 2.05) is 45.2 Å². The predicted molar refractivity (Wildman–Crippen MR) is 68.6 cm³/mol. The minimum atomic E-state index is 0.549. The minimum Gasteiger partial charge on any atom is -0.373 e. The van der Waals surface area contributed by atoms with Gasteiger partial charge in [-0.15, -0.1) is 0 Å². The number of nitrogens with one attached hydrogen (secondary N) is 2. The fourth-order valence-electron chi connectivity index (χ4n) is 1.48. The summed E-state index contributed by atoms with van der Waals surface area (Å²) in [5.74, 6) is 2.08. The van der Waals surface area contributed by atoms with E-state index < -0.39 is 0 Å². The molecule has 2 heterocycles. The molecule has 0 amide bonds. The fraction of sp³-hybridized carbons (Fsp3) is 0.250. The van der Waals surface area contributed by atoms with E-state index in [1.54, 1.807) is 0 Å². The van der Waals surface area contributed by atoms with Crippen molar-refractivity contribution in [2.45, 2.75) is 13.8 Å². The van der Waals surface area contributed by atoms with Gasteiger partial charge in [0.1, 0.15) is 11.6 Å². The van der Waals surface area contributed by atoms with Gasteiger partial charge in [-0.25, -0.2) is 9.97 Å². The van der Waals surface area contributed by atoms with Crippen molar-refractivity contribution in [2.24, 2.45) is 0 Å². The zero-order chi connectivity index (χ0) is 12.3. The first-order valence-corrected chi connectivity index (χ1v) is 5.41. The third kappa shape index (κ3) is 2.90. The van der Waals surface area contributed by atoms with Crippen LogP contribution in [0.4, 0.5) is 17.6 Å². The van der Waals surface area contributed by atoms with Crippen molar-refractivity contribution in [1.29, 1.82) is 0 Å². The molecule has 0 aliphatic carbocycles. The Morgan fingerprint density at radius 2 is 1.76 bits per heavy atom. The third-order valence-corrected chi connectivity index (χ3v) is 2.24. The van der Waals surface area contributed by atoms with Gasteiger partial charge in [0.25, 0.3) is 0 Å². The molecule has 88 valence electrons. The smallest absolute Gasteiger partial charge is 0.230 e. The summed E-state index contributed by atoms with van der Waals surface area (Å²) >= 11 is 0. The molecule has 5 nitrogen and oxygen atoms in total. The number of pyridine rings is 1. The Labute approximate surface area is 100 Å². The highest BCUT2D eigenvalue weighted by Gasteiger charge is 2.02. The van der Waals surface area contributed by atoms with Crippen LogP contribution in [-0.4, -0.2) is 22.0 Å². The third-order valence-electron chi connectivity index (χ3n) is 2.24. The lowest BCUT2D eigenvalue weighted by Crippen LogP contribution is -2.03. The number of aryl methyl sites for hydroxylation is 2. The van der Waals surface area contributed by atoms with Gasteiger partial charge in [0, 0.05) is 24.5 Å². The molecule has 0 atom stereocenters. The zero-order valence-corrected chi connectivity index (χ0v) is 10.2. The molecule has 0 radical (unpaired) electrons. The van der Waals surface area contributed by atoms with Crippen molar-refractivity contribution < 1.29 is 0 Å². The lowest BCUT2D eigenvalue weighted by Gasteiger charge is -2.07. The van der Waals surface area contributed by atoms with Gasteiger partial charge in [-0.05, 0) is 26.0 Å². The molecule has 0 unspecified atom stereocenters. The zero-order valence-electron chi connectivity index (χ0n) is 10.2. The second-order valence-corrected chi connectivity index (χ2v) is 3.76. The molecule has 2 aromatic rings. The average Bonchev–Trinajstić information content (AvgIpc) is 2.28. The van der Waals surface area contributed by atoms with Crippen LogP contribution in [0, 0.1) is 13.8 Å². The molecule has 5 heteroatoms. The Bertz CT molecular complexity index is 524. The topological polar surface area (TPSA) is 62.7 Å². The van der Waals surface area contributed by atoms with Crippen LogP contribution in [0.5, 0.6) is 0 Å². The summed E-state index contributed by atoms with van der Waals surface area (Å²) < 4.78 is 0. The van der Waals surface area contributed by atoms with Gasteiger partial charge in [-0.1, -0.05) is 6.07 Å². The van der Waals surface area contributed by atoms with Crippen molar-refractivity contribution in [3.63, 3.8) is 0 Å². The predicted octanol–water partition coefficient (Wildman–Crippen LogP) is 2.27. The Morgan fingerprint density at radius 3 is 2.47 bits per heavy atom. The van der Waals surface area contributed by atoms with Crippen LogP contribution >= 0.6 is 0 Å². The SMILES string of the molecule is CNc1cc(C)nc(Nc2cccc(C)n2)n1. The molecular formula is C12H15N5. The van der Waals surface area contributed by atoms with Crippen LogP contribution in [0.15, 0.2) is 24.3 Å². The molecule has 0 saturated heterocycles. The number of hydrogen-bond acceptors (Lipinski definition) is 5. The molecule has 2 rings (SSSR count). The Kier molecular flexibility index (Phi) is 3.18. The Balaban J connectivity index is 2.26. The molecule has 0 bridgehead atoms. The van der Waals surface area contributed by atoms with Crippen molar-refractivity contribution >= 4 is 17.6 Å². The summed E-state index contributed by atoms with van der Waals surface area (Å²) in [4.78, 5) is 13.0. The first-order chi connectivity index (χ1) is 8.17. The number of hydrogen-bond donors (Lipinski definition) is 2. The summed E-state index contributed by atoms with van der Waals surface area (Å²) in [7, 11) is 1.83. The van der Waals surface area contributed by atoms with Gasteiger partial charge < -0.3 is 10.6 Å². The summed E-state index contributed by atoms with van der Waals surface area (Å²) in [5.41, 5.74) is 1.86. The maximum Gasteiger partial charge on any atom is 0.230 e. The van der Waals surface area contributed by atoms with Crippen molar-refractivity contribution in [3.05, 3.63) is 35.7 Å². The van der Waals surface area contributed by atoms with Crippen LogP contribution in [0.25, 0.3) is 0 Å². The first kappa shape index (κ1) is 11.3. The maximum absolute atomic E-state index is 4.34. The highest BCUT2D eigenvalue weighted by atomic mass is 15.2. The molecule has 0 aliphatic rings. The Hall–Kier alpha value is -2.17. The van der Waals surface area contributed by atoms with Gasteiger partial charge in [0.2, 0.25) is 5.95 Å². The average molecular weight is 229 g/mol. The molecule has 0 saturated carbocycles. The van der Waals surface area contributed by atoms with Crippen LogP contribution in [-0.2, 0) is 0 Å². The van der Waals surface area contributed by atoms with Gasteiger partial charge in [0.15, 0.2) is 0 Å². The normalized spacial score (nSPS) is 10.1. The van der Waals surface area contributed by atoms with Crippen LogP contribution in [0.1, 0.15) is 11.4 Å². The number of nitrogens with zero attached hydrogens (tertiary/aromatic N) is 3. The molecule has 0 spiro atoms. The highest BCUT2D eigenvalue weighted by Crippen LogP contribution is 2.13. The van der Waals surface area contributed by atoms with Crippen molar-refractivity contribution in [3.8, 4) is 0 Å². The van der Waals surface area contributed by atoms with E-state index in [9.17, 15) is 0 Å².